The van der Waals surface area contributed by atoms with Crippen LogP contribution in [0.15, 0.2) is 42.6 Å². The van der Waals surface area contributed by atoms with Gasteiger partial charge in [0.1, 0.15) is 5.75 Å². The molecule has 2 aromatic rings. The number of hydrogen-bond donors (Lipinski definition) is 1. The lowest BCUT2D eigenvalue weighted by atomic mass is 10.2. The number of likely N-dealkylation sites (N-methyl/N-ethyl adjacent to an activating group) is 1. The summed E-state index contributed by atoms with van der Waals surface area (Å²) in [4.78, 5) is 18.4. The third-order valence-corrected chi connectivity index (χ3v) is 3.67. The van der Waals surface area contributed by atoms with Gasteiger partial charge in [-0.15, -0.1) is 0 Å². The van der Waals surface area contributed by atoms with Gasteiger partial charge in [-0.05, 0) is 37.3 Å². The minimum atomic E-state index is -0.191. The zero-order chi connectivity index (χ0) is 16.7. The molecule has 0 saturated carbocycles. The van der Waals surface area contributed by atoms with Gasteiger partial charge in [0.05, 0.1) is 12.8 Å². The lowest BCUT2D eigenvalue weighted by Crippen LogP contribution is -2.36. The van der Waals surface area contributed by atoms with E-state index < -0.39 is 0 Å². The van der Waals surface area contributed by atoms with Crippen LogP contribution in [0.4, 0.5) is 10.5 Å². The maximum Gasteiger partial charge on any atom is 0.321 e. The van der Waals surface area contributed by atoms with Crippen LogP contribution in [0.3, 0.4) is 0 Å². The van der Waals surface area contributed by atoms with Gasteiger partial charge in [0.25, 0.3) is 0 Å². The highest BCUT2D eigenvalue weighted by Crippen LogP contribution is 2.27. The van der Waals surface area contributed by atoms with Crippen LogP contribution in [0.2, 0.25) is 5.02 Å². The SMILES string of the molecule is CCN(CCc1ccccn1)C(=O)Nc1cc(Cl)ccc1OC. The lowest BCUT2D eigenvalue weighted by molar-refractivity contribution is 0.215. The standard InChI is InChI=1S/C17H20ClN3O2/c1-3-21(11-9-14-6-4-5-10-19-14)17(22)20-15-12-13(18)7-8-16(15)23-2/h4-8,10,12H,3,9,11H2,1-2H3,(H,20,22). The van der Waals surface area contributed by atoms with Gasteiger partial charge in [0.2, 0.25) is 0 Å². The summed E-state index contributed by atoms with van der Waals surface area (Å²) < 4.78 is 5.24. The Morgan fingerprint density at radius 3 is 2.83 bits per heavy atom. The Labute approximate surface area is 141 Å². The fraction of sp³-hybridized carbons (Fsp3) is 0.294. The minimum Gasteiger partial charge on any atom is -0.495 e. The van der Waals surface area contributed by atoms with Gasteiger partial charge in [0, 0.05) is 36.4 Å². The molecule has 122 valence electrons. The van der Waals surface area contributed by atoms with Crippen LogP contribution in [0.5, 0.6) is 5.75 Å². The fourth-order valence-corrected chi connectivity index (χ4v) is 2.34. The second-order valence-electron chi connectivity index (χ2n) is 4.93. The number of hydrogen-bond acceptors (Lipinski definition) is 3. The van der Waals surface area contributed by atoms with E-state index in [9.17, 15) is 4.79 Å². The number of rotatable bonds is 6. The molecule has 0 bridgehead atoms. The zero-order valence-corrected chi connectivity index (χ0v) is 14.0. The van der Waals surface area contributed by atoms with E-state index in [-0.39, 0.29) is 6.03 Å². The van der Waals surface area contributed by atoms with Crippen LogP contribution in [0.1, 0.15) is 12.6 Å². The van der Waals surface area contributed by atoms with Gasteiger partial charge < -0.3 is 15.0 Å². The highest BCUT2D eigenvalue weighted by Gasteiger charge is 2.14. The first-order chi connectivity index (χ1) is 11.1. The van der Waals surface area contributed by atoms with Crippen LogP contribution >= 0.6 is 11.6 Å². The van der Waals surface area contributed by atoms with Crippen LogP contribution in [0.25, 0.3) is 0 Å². The number of carbonyl (C=O) groups excluding carboxylic acids is 1. The molecule has 2 rings (SSSR count). The highest BCUT2D eigenvalue weighted by molar-refractivity contribution is 6.31. The average Bonchev–Trinajstić information content (AvgIpc) is 2.56. The van der Waals surface area contributed by atoms with Crippen LogP contribution < -0.4 is 10.1 Å². The summed E-state index contributed by atoms with van der Waals surface area (Å²) in [5, 5.41) is 3.39. The van der Waals surface area contributed by atoms with Crippen molar-refractivity contribution in [1.29, 1.82) is 0 Å². The van der Waals surface area contributed by atoms with Gasteiger partial charge in [-0.25, -0.2) is 4.79 Å². The van der Waals surface area contributed by atoms with Crippen molar-refractivity contribution in [3.8, 4) is 5.75 Å². The molecule has 0 saturated heterocycles. The molecule has 1 aromatic heterocycles. The fourth-order valence-electron chi connectivity index (χ4n) is 2.17. The second-order valence-corrected chi connectivity index (χ2v) is 5.36. The van der Waals surface area contributed by atoms with E-state index in [4.69, 9.17) is 16.3 Å². The summed E-state index contributed by atoms with van der Waals surface area (Å²) >= 11 is 5.98. The van der Waals surface area contributed by atoms with Crippen molar-refractivity contribution in [2.24, 2.45) is 0 Å². The number of halogens is 1. The average molecular weight is 334 g/mol. The molecule has 1 aromatic carbocycles. The number of urea groups is 1. The summed E-state index contributed by atoms with van der Waals surface area (Å²) in [6, 6.07) is 10.7. The van der Waals surface area contributed by atoms with Gasteiger partial charge in [-0.3, -0.25) is 4.98 Å². The Balaban J connectivity index is 2.01. The van der Waals surface area contributed by atoms with Crippen LogP contribution in [-0.4, -0.2) is 36.1 Å². The Morgan fingerprint density at radius 2 is 2.17 bits per heavy atom. The lowest BCUT2D eigenvalue weighted by Gasteiger charge is -2.22. The number of amides is 2. The van der Waals surface area contributed by atoms with Crippen molar-refractivity contribution < 1.29 is 9.53 Å². The second kappa shape index (κ2) is 8.39. The Kier molecular flexibility index (Phi) is 6.23. The van der Waals surface area contributed by atoms with Gasteiger partial charge in [-0.1, -0.05) is 17.7 Å². The summed E-state index contributed by atoms with van der Waals surface area (Å²) in [5.41, 5.74) is 1.51. The van der Waals surface area contributed by atoms with E-state index in [0.717, 1.165) is 5.69 Å². The normalized spacial score (nSPS) is 10.2. The molecular weight excluding hydrogens is 314 g/mol. The molecule has 0 aliphatic carbocycles. The van der Waals surface area contributed by atoms with Crippen LogP contribution in [-0.2, 0) is 6.42 Å². The zero-order valence-electron chi connectivity index (χ0n) is 13.3. The van der Waals surface area contributed by atoms with Crippen LogP contribution in [0, 0.1) is 0 Å². The van der Waals surface area contributed by atoms with E-state index in [1.54, 1.807) is 36.4 Å². The van der Waals surface area contributed by atoms with Gasteiger partial charge in [0.15, 0.2) is 0 Å². The molecule has 0 unspecified atom stereocenters. The van der Waals surface area contributed by atoms with Gasteiger partial charge in [-0.2, -0.15) is 0 Å². The number of ether oxygens (including phenoxy) is 1. The van der Waals surface area contributed by atoms with E-state index in [2.05, 4.69) is 10.3 Å². The number of pyridine rings is 1. The monoisotopic (exact) mass is 333 g/mol. The van der Waals surface area contributed by atoms with E-state index in [1.807, 2.05) is 25.1 Å². The third-order valence-electron chi connectivity index (χ3n) is 3.44. The molecule has 23 heavy (non-hydrogen) atoms. The smallest absolute Gasteiger partial charge is 0.321 e. The Morgan fingerprint density at radius 1 is 1.35 bits per heavy atom. The maximum absolute atomic E-state index is 12.4. The number of carbonyl (C=O) groups is 1. The number of benzene rings is 1. The topological polar surface area (TPSA) is 54.5 Å². The predicted molar refractivity (Wildman–Crippen MR) is 92.2 cm³/mol. The van der Waals surface area contributed by atoms with E-state index in [0.29, 0.717) is 36.0 Å². The van der Waals surface area contributed by atoms with Crippen molar-refractivity contribution in [1.82, 2.24) is 9.88 Å². The molecule has 2 amide bonds. The molecule has 1 N–H and O–H groups in total. The van der Waals surface area contributed by atoms with Crippen molar-refractivity contribution in [2.45, 2.75) is 13.3 Å². The highest BCUT2D eigenvalue weighted by atomic mass is 35.5. The molecule has 1 heterocycles. The summed E-state index contributed by atoms with van der Waals surface area (Å²) in [6.07, 6.45) is 2.46. The molecular formula is C17H20ClN3O2. The van der Waals surface area contributed by atoms with Crippen molar-refractivity contribution in [3.63, 3.8) is 0 Å². The summed E-state index contributed by atoms with van der Waals surface area (Å²) in [6.45, 7) is 3.12. The number of aromatic nitrogens is 1. The van der Waals surface area contributed by atoms with Gasteiger partial charge >= 0.3 is 6.03 Å². The molecule has 5 nitrogen and oxygen atoms in total. The first-order valence-electron chi connectivity index (χ1n) is 7.43. The first kappa shape index (κ1) is 17.1. The first-order valence-corrected chi connectivity index (χ1v) is 7.81. The summed E-state index contributed by atoms with van der Waals surface area (Å²) in [7, 11) is 1.55. The van der Waals surface area contributed by atoms with Crippen molar-refractivity contribution in [2.75, 3.05) is 25.5 Å². The third kappa shape index (κ3) is 4.86. The van der Waals surface area contributed by atoms with E-state index in [1.165, 1.54) is 0 Å². The van der Waals surface area contributed by atoms with Crippen molar-refractivity contribution >= 4 is 23.3 Å². The molecule has 0 radical (unpaired) electrons. The minimum absolute atomic E-state index is 0.191. The molecule has 0 aliphatic heterocycles. The van der Waals surface area contributed by atoms with Crippen molar-refractivity contribution in [3.05, 3.63) is 53.3 Å². The molecule has 0 atom stereocenters. The maximum atomic E-state index is 12.4. The number of nitrogens with one attached hydrogen (secondary N) is 1. The largest absolute Gasteiger partial charge is 0.495 e. The summed E-state index contributed by atoms with van der Waals surface area (Å²) in [5.74, 6) is 0.573. The molecule has 0 aliphatic rings. The number of nitrogens with zero attached hydrogens (tertiary/aromatic N) is 2. The number of methoxy groups -OCH3 is 1. The number of anilines is 1. The van der Waals surface area contributed by atoms with E-state index >= 15 is 0 Å². The Hall–Kier alpha value is -2.27. The Bertz CT molecular complexity index is 650. The predicted octanol–water partition coefficient (Wildman–Crippen LogP) is 3.84. The molecule has 0 fully saturated rings. The molecule has 0 spiro atoms. The molecule has 6 heteroatoms. The quantitative estimate of drug-likeness (QED) is 0.873.